The zero-order valence-corrected chi connectivity index (χ0v) is 11.5. The third kappa shape index (κ3) is 2.33. The second kappa shape index (κ2) is 5.10. The first-order chi connectivity index (χ1) is 9.72. The van der Waals surface area contributed by atoms with Crippen LogP contribution in [0.5, 0.6) is 0 Å². The Labute approximate surface area is 118 Å². The average molecular weight is 267 g/mol. The van der Waals surface area contributed by atoms with E-state index in [9.17, 15) is 5.26 Å². The molecule has 1 aromatic heterocycles. The molecule has 4 nitrogen and oxygen atoms in total. The van der Waals surface area contributed by atoms with E-state index in [2.05, 4.69) is 23.3 Å². The van der Waals surface area contributed by atoms with Crippen molar-refractivity contribution in [3.05, 3.63) is 36.0 Å². The Hall–Kier alpha value is -2.12. The topological polar surface area (TPSA) is 57.9 Å². The number of hydrogen-bond acceptors (Lipinski definition) is 4. The van der Waals surface area contributed by atoms with Gasteiger partial charge in [-0.05, 0) is 25.8 Å². The Balaban J connectivity index is 1.95. The van der Waals surface area contributed by atoms with Crippen molar-refractivity contribution in [3.8, 4) is 6.07 Å². The predicted molar refractivity (Wildman–Crippen MR) is 78.5 cm³/mol. The summed E-state index contributed by atoms with van der Waals surface area (Å²) in [5.74, 6) is 0. The van der Waals surface area contributed by atoms with E-state index in [1.807, 2.05) is 24.3 Å². The minimum Gasteiger partial charge on any atom is -0.380 e. The Morgan fingerprint density at radius 1 is 1.45 bits per heavy atom. The Morgan fingerprint density at radius 3 is 3.05 bits per heavy atom. The molecule has 1 N–H and O–H groups in total. The summed E-state index contributed by atoms with van der Waals surface area (Å²) < 4.78 is 5.79. The fourth-order valence-electron chi connectivity index (χ4n) is 2.67. The van der Waals surface area contributed by atoms with Gasteiger partial charge in [0, 0.05) is 24.7 Å². The molecule has 2 heterocycles. The molecule has 0 saturated carbocycles. The number of nitrogens with one attached hydrogen (secondary N) is 1. The molecule has 4 heteroatoms. The quantitative estimate of drug-likeness (QED) is 0.928. The van der Waals surface area contributed by atoms with Crippen LogP contribution in [0, 0.1) is 11.3 Å². The molecule has 1 aliphatic rings. The lowest BCUT2D eigenvalue weighted by molar-refractivity contribution is 0.0315. The van der Waals surface area contributed by atoms with Crippen molar-refractivity contribution in [2.24, 2.45) is 0 Å². The maximum atomic E-state index is 9.27. The zero-order valence-electron chi connectivity index (χ0n) is 11.5. The first-order valence-corrected chi connectivity index (χ1v) is 6.87. The third-order valence-electron chi connectivity index (χ3n) is 3.84. The molecule has 1 saturated heterocycles. The van der Waals surface area contributed by atoms with Crippen molar-refractivity contribution in [3.63, 3.8) is 0 Å². The monoisotopic (exact) mass is 267 g/mol. The summed E-state index contributed by atoms with van der Waals surface area (Å²) in [6.07, 6.45) is 3.77. The van der Waals surface area contributed by atoms with Crippen molar-refractivity contribution in [2.75, 3.05) is 18.5 Å². The molecule has 102 valence electrons. The van der Waals surface area contributed by atoms with Gasteiger partial charge < -0.3 is 10.1 Å². The maximum Gasteiger partial charge on any atom is 0.103 e. The van der Waals surface area contributed by atoms with Gasteiger partial charge in [-0.1, -0.05) is 18.2 Å². The molecule has 20 heavy (non-hydrogen) atoms. The van der Waals surface area contributed by atoms with Crippen molar-refractivity contribution >= 4 is 16.6 Å². The van der Waals surface area contributed by atoms with Crippen LogP contribution >= 0.6 is 0 Å². The van der Waals surface area contributed by atoms with Gasteiger partial charge in [0.15, 0.2) is 0 Å². The lowest BCUT2D eigenvalue weighted by Crippen LogP contribution is -2.32. The molecule has 0 spiro atoms. The van der Waals surface area contributed by atoms with Crippen LogP contribution in [0.25, 0.3) is 10.9 Å². The van der Waals surface area contributed by atoms with Gasteiger partial charge in [-0.15, -0.1) is 0 Å². The highest BCUT2D eigenvalue weighted by Crippen LogP contribution is 2.29. The lowest BCUT2D eigenvalue weighted by Gasteiger charge is -2.24. The normalized spacial score (nSPS) is 21.8. The van der Waals surface area contributed by atoms with Crippen LogP contribution in [-0.2, 0) is 4.74 Å². The van der Waals surface area contributed by atoms with Gasteiger partial charge >= 0.3 is 0 Å². The molecule has 0 bridgehead atoms. The van der Waals surface area contributed by atoms with Gasteiger partial charge in [-0.3, -0.25) is 4.98 Å². The summed E-state index contributed by atoms with van der Waals surface area (Å²) in [6, 6.07) is 10.1. The average Bonchev–Trinajstić information content (AvgIpc) is 2.91. The molecule has 1 aromatic carbocycles. The molecule has 0 radical (unpaired) electrons. The van der Waals surface area contributed by atoms with E-state index in [4.69, 9.17) is 4.74 Å². The number of nitrogens with zero attached hydrogens (tertiary/aromatic N) is 2. The lowest BCUT2D eigenvalue weighted by atomic mass is 10.0. The number of anilines is 1. The van der Waals surface area contributed by atoms with E-state index in [1.165, 1.54) is 0 Å². The predicted octanol–water partition coefficient (Wildman–Crippen LogP) is 3.09. The molecule has 2 aromatic rings. The molecule has 1 atom stereocenters. The first kappa shape index (κ1) is 12.9. The number of pyridine rings is 1. The summed E-state index contributed by atoms with van der Waals surface area (Å²) in [4.78, 5) is 4.32. The van der Waals surface area contributed by atoms with Crippen molar-refractivity contribution in [1.29, 1.82) is 5.26 Å². The van der Waals surface area contributed by atoms with Crippen LogP contribution in [-0.4, -0.2) is 23.7 Å². The highest BCUT2D eigenvalue weighted by Gasteiger charge is 2.29. The number of nitriles is 1. The SMILES string of the molecule is CC1(CNc2c(C#N)cnc3ccccc23)CCCO1. The minimum atomic E-state index is -0.142. The fraction of sp³-hybridized carbons (Fsp3) is 0.375. The largest absolute Gasteiger partial charge is 0.380 e. The van der Waals surface area contributed by atoms with E-state index >= 15 is 0 Å². The standard InChI is InChI=1S/C16H17N3O/c1-16(7-4-8-20-16)11-19-15-12(9-17)10-18-14-6-3-2-5-13(14)15/h2-3,5-6,10H,4,7-8,11H2,1H3,(H,18,19). The minimum absolute atomic E-state index is 0.142. The summed E-state index contributed by atoms with van der Waals surface area (Å²) in [6.45, 7) is 3.64. The number of aromatic nitrogens is 1. The number of rotatable bonds is 3. The Bertz CT molecular complexity index is 669. The van der Waals surface area contributed by atoms with Gasteiger partial charge in [-0.25, -0.2) is 0 Å². The smallest absolute Gasteiger partial charge is 0.103 e. The van der Waals surface area contributed by atoms with Crippen molar-refractivity contribution in [2.45, 2.75) is 25.4 Å². The van der Waals surface area contributed by atoms with Gasteiger partial charge in [0.1, 0.15) is 6.07 Å². The molecule has 1 unspecified atom stereocenters. The number of para-hydroxylation sites is 1. The van der Waals surface area contributed by atoms with E-state index in [1.54, 1.807) is 6.20 Å². The van der Waals surface area contributed by atoms with Crippen LogP contribution in [0.4, 0.5) is 5.69 Å². The summed E-state index contributed by atoms with van der Waals surface area (Å²) in [7, 11) is 0. The van der Waals surface area contributed by atoms with Gasteiger partial charge in [0.05, 0.1) is 22.4 Å². The molecular weight excluding hydrogens is 250 g/mol. The van der Waals surface area contributed by atoms with Crippen LogP contribution in [0.1, 0.15) is 25.3 Å². The molecule has 3 rings (SSSR count). The van der Waals surface area contributed by atoms with Crippen LogP contribution in [0.3, 0.4) is 0 Å². The van der Waals surface area contributed by atoms with Crippen LogP contribution in [0.2, 0.25) is 0 Å². The summed E-state index contributed by atoms with van der Waals surface area (Å²) in [5, 5.41) is 13.7. The van der Waals surface area contributed by atoms with Crippen molar-refractivity contribution < 1.29 is 4.74 Å². The molecule has 1 aliphatic heterocycles. The first-order valence-electron chi connectivity index (χ1n) is 6.87. The number of fused-ring (bicyclic) bond motifs is 1. The zero-order chi connectivity index (χ0) is 14.0. The van der Waals surface area contributed by atoms with Crippen LogP contribution in [0.15, 0.2) is 30.5 Å². The van der Waals surface area contributed by atoms with Gasteiger partial charge in [0.2, 0.25) is 0 Å². The maximum absolute atomic E-state index is 9.27. The summed E-state index contributed by atoms with van der Waals surface area (Å²) in [5.41, 5.74) is 2.18. The highest BCUT2D eigenvalue weighted by atomic mass is 16.5. The van der Waals surface area contributed by atoms with Gasteiger partial charge in [-0.2, -0.15) is 5.26 Å². The Morgan fingerprint density at radius 2 is 2.30 bits per heavy atom. The number of benzene rings is 1. The highest BCUT2D eigenvalue weighted by molar-refractivity contribution is 5.93. The Kier molecular flexibility index (Phi) is 3.29. The second-order valence-corrected chi connectivity index (χ2v) is 5.43. The third-order valence-corrected chi connectivity index (χ3v) is 3.84. The van der Waals surface area contributed by atoms with Gasteiger partial charge in [0.25, 0.3) is 0 Å². The van der Waals surface area contributed by atoms with Crippen molar-refractivity contribution in [1.82, 2.24) is 4.98 Å². The van der Waals surface area contributed by atoms with E-state index in [0.717, 1.165) is 36.0 Å². The molecule has 0 aliphatic carbocycles. The number of hydrogen-bond donors (Lipinski definition) is 1. The molecule has 0 amide bonds. The molecular formula is C16H17N3O. The molecule has 1 fully saturated rings. The van der Waals surface area contributed by atoms with E-state index in [0.29, 0.717) is 12.1 Å². The van der Waals surface area contributed by atoms with E-state index < -0.39 is 0 Å². The summed E-state index contributed by atoms with van der Waals surface area (Å²) >= 11 is 0. The number of ether oxygens (including phenoxy) is 1. The second-order valence-electron chi connectivity index (χ2n) is 5.43. The fourth-order valence-corrected chi connectivity index (χ4v) is 2.67. The van der Waals surface area contributed by atoms with E-state index in [-0.39, 0.29) is 5.60 Å². The van der Waals surface area contributed by atoms with Crippen LogP contribution < -0.4 is 5.32 Å².